The van der Waals surface area contributed by atoms with Crippen LogP contribution in [0.5, 0.6) is 5.75 Å². The van der Waals surface area contributed by atoms with Gasteiger partial charge in [-0.05, 0) is 24.3 Å². The minimum atomic E-state index is -0.321. The average Bonchev–Trinajstić information content (AvgIpc) is 3.40. The van der Waals surface area contributed by atoms with Crippen LogP contribution in [0, 0.1) is 17.1 Å². The molecule has 0 aliphatic carbocycles. The van der Waals surface area contributed by atoms with Crippen LogP contribution in [0.25, 0.3) is 16.8 Å². The average molecular weight is 402 g/mol. The van der Waals surface area contributed by atoms with Gasteiger partial charge in [-0.1, -0.05) is 0 Å². The topological polar surface area (TPSA) is 108 Å². The Hall–Kier alpha value is -4.19. The Morgan fingerprint density at radius 2 is 2.23 bits per heavy atom. The summed E-state index contributed by atoms with van der Waals surface area (Å²) in [6.45, 7) is 0.716. The van der Waals surface area contributed by atoms with Gasteiger partial charge in [0.05, 0.1) is 18.4 Å². The van der Waals surface area contributed by atoms with Gasteiger partial charge in [-0.3, -0.25) is 9.20 Å². The number of hydrogen-bond donors (Lipinski definition) is 2. The van der Waals surface area contributed by atoms with Crippen LogP contribution in [0.2, 0.25) is 0 Å². The molecule has 0 fully saturated rings. The molecule has 9 heteroatoms. The van der Waals surface area contributed by atoms with Crippen LogP contribution < -0.4 is 15.6 Å². The maximum Gasteiger partial charge on any atom is 0.256 e. The molecule has 4 aromatic rings. The molecule has 0 saturated heterocycles. The monoisotopic (exact) mass is 402 g/mol. The first-order valence-electron chi connectivity index (χ1n) is 9.29. The number of aromatic nitrogens is 4. The molecule has 4 heterocycles. The molecule has 0 amide bonds. The standard InChI is InChI=1S/C21H15FN6O2/c22-17-3-4-18-13(5-7-30-18)15(17)9-25-21-26-10-16(14-2-1-6-24-20(14)29)19-27-12(8-23)11-28(19)21/h1-4,6,10-11H,5,7,9H2,(H,24,29)(H,25,26). The minimum absolute atomic E-state index is 0.180. The number of anilines is 1. The van der Waals surface area contributed by atoms with Crippen molar-refractivity contribution in [3.05, 3.63) is 75.8 Å². The van der Waals surface area contributed by atoms with Gasteiger partial charge in [0.25, 0.3) is 5.56 Å². The van der Waals surface area contributed by atoms with Crippen molar-refractivity contribution >= 4 is 11.6 Å². The van der Waals surface area contributed by atoms with Crippen LogP contribution in [-0.2, 0) is 13.0 Å². The van der Waals surface area contributed by atoms with E-state index in [1.165, 1.54) is 24.7 Å². The van der Waals surface area contributed by atoms with E-state index in [1.54, 1.807) is 22.6 Å². The number of nitriles is 1. The van der Waals surface area contributed by atoms with Gasteiger partial charge >= 0.3 is 0 Å². The fraction of sp³-hybridized carbons (Fsp3) is 0.143. The molecule has 1 aromatic carbocycles. The number of H-pyrrole nitrogens is 1. The lowest BCUT2D eigenvalue weighted by molar-refractivity contribution is 0.356. The Morgan fingerprint density at radius 3 is 3.07 bits per heavy atom. The van der Waals surface area contributed by atoms with Gasteiger partial charge < -0.3 is 15.0 Å². The molecule has 0 bridgehead atoms. The van der Waals surface area contributed by atoms with Crippen molar-refractivity contribution in [2.24, 2.45) is 0 Å². The van der Waals surface area contributed by atoms with Gasteiger partial charge in [-0.15, -0.1) is 0 Å². The van der Waals surface area contributed by atoms with Gasteiger partial charge in [0.1, 0.15) is 17.6 Å². The minimum Gasteiger partial charge on any atom is -0.493 e. The summed E-state index contributed by atoms with van der Waals surface area (Å²) in [5.74, 6) is 0.754. The number of rotatable bonds is 4. The summed E-state index contributed by atoms with van der Waals surface area (Å²) in [5.41, 5.74) is 2.54. The zero-order valence-electron chi connectivity index (χ0n) is 15.6. The molecule has 0 atom stereocenters. The summed E-state index contributed by atoms with van der Waals surface area (Å²) in [6.07, 6.45) is 5.23. The van der Waals surface area contributed by atoms with Crippen LogP contribution in [0.15, 0.2) is 47.7 Å². The largest absolute Gasteiger partial charge is 0.493 e. The Balaban J connectivity index is 1.57. The van der Waals surface area contributed by atoms with E-state index in [0.717, 1.165) is 5.56 Å². The van der Waals surface area contributed by atoms with E-state index in [1.807, 2.05) is 6.07 Å². The summed E-state index contributed by atoms with van der Waals surface area (Å²) in [4.78, 5) is 23.6. The van der Waals surface area contributed by atoms with E-state index in [9.17, 15) is 14.4 Å². The first kappa shape index (κ1) is 17.9. The van der Waals surface area contributed by atoms with E-state index in [2.05, 4.69) is 20.3 Å². The molecule has 1 aliphatic heterocycles. The van der Waals surface area contributed by atoms with Crippen LogP contribution in [0.4, 0.5) is 10.3 Å². The van der Waals surface area contributed by atoms with Gasteiger partial charge in [0.15, 0.2) is 11.3 Å². The van der Waals surface area contributed by atoms with E-state index in [4.69, 9.17) is 4.74 Å². The van der Waals surface area contributed by atoms with E-state index < -0.39 is 0 Å². The third-order valence-electron chi connectivity index (χ3n) is 5.08. The maximum absolute atomic E-state index is 14.4. The Bertz CT molecular complexity index is 1380. The second-order valence-corrected chi connectivity index (χ2v) is 6.79. The van der Waals surface area contributed by atoms with E-state index in [-0.39, 0.29) is 23.6 Å². The molecule has 1 aliphatic rings. The van der Waals surface area contributed by atoms with Crippen molar-refractivity contribution in [3.8, 4) is 22.9 Å². The zero-order chi connectivity index (χ0) is 20.7. The number of pyridine rings is 1. The SMILES string of the molecule is N#Cc1cn2c(NCc3c(F)ccc4c3CCO4)ncc(-c3ccc[nH]c3=O)c2n1. The number of benzene rings is 1. The maximum atomic E-state index is 14.4. The smallest absolute Gasteiger partial charge is 0.256 e. The summed E-state index contributed by atoms with van der Waals surface area (Å²) >= 11 is 0. The van der Waals surface area contributed by atoms with Gasteiger partial charge in [-0.2, -0.15) is 5.26 Å². The Labute approximate surface area is 169 Å². The van der Waals surface area contributed by atoms with Crippen LogP contribution in [0.3, 0.4) is 0 Å². The summed E-state index contributed by atoms with van der Waals surface area (Å²) in [5, 5.41) is 12.4. The van der Waals surface area contributed by atoms with Gasteiger partial charge in [0, 0.05) is 42.0 Å². The van der Waals surface area contributed by atoms with E-state index >= 15 is 0 Å². The predicted octanol–water partition coefficient (Wildman–Crippen LogP) is 2.64. The fourth-order valence-electron chi connectivity index (χ4n) is 3.66. The Kier molecular flexibility index (Phi) is 4.17. The first-order chi connectivity index (χ1) is 14.7. The lowest BCUT2D eigenvalue weighted by Crippen LogP contribution is -2.11. The summed E-state index contributed by atoms with van der Waals surface area (Å²) < 4.78 is 21.5. The highest BCUT2D eigenvalue weighted by Crippen LogP contribution is 2.31. The summed E-state index contributed by atoms with van der Waals surface area (Å²) in [7, 11) is 0. The second-order valence-electron chi connectivity index (χ2n) is 6.79. The fourth-order valence-corrected chi connectivity index (χ4v) is 3.66. The number of aromatic amines is 1. The highest BCUT2D eigenvalue weighted by atomic mass is 19.1. The molecule has 0 unspecified atom stereocenters. The number of ether oxygens (including phenoxy) is 1. The molecular weight excluding hydrogens is 387 g/mol. The van der Waals surface area contributed by atoms with Gasteiger partial charge in [-0.25, -0.2) is 14.4 Å². The van der Waals surface area contributed by atoms with Crippen molar-refractivity contribution in [1.29, 1.82) is 5.26 Å². The molecule has 30 heavy (non-hydrogen) atoms. The lowest BCUT2D eigenvalue weighted by Gasteiger charge is -2.12. The highest BCUT2D eigenvalue weighted by Gasteiger charge is 2.20. The number of imidazole rings is 1. The van der Waals surface area contributed by atoms with Crippen LogP contribution >= 0.6 is 0 Å². The zero-order valence-corrected chi connectivity index (χ0v) is 15.6. The molecule has 0 saturated carbocycles. The number of halogens is 1. The van der Waals surface area contributed by atoms with E-state index in [0.29, 0.717) is 47.1 Å². The third-order valence-corrected chi connectivity index (χ3v) is 5.08. The molecule has 8 nitrogen and oxygen atoms in total. The molecule has 3 aromatic heterocycles. The summed E-state index contributed by atoms with van der Waals surface area (Å²) in [6, 6.07) is 8.39. The number of fused-ring (bicyclic) bond motifs is 2. The lowest BCUT2D eigenvalue weighted by atomic mass is 10.0. The second kappa shape index (κ2) is 7.00. The molecular formula is C21H15FN6O2. The quantitative estimate of drug-likeness (QED) is 0.543. The third kappa shape index (κ3) is 2.86. The molecule has 0 spiro atoms. The number of hydrogen-bond acceptors (Lipinski definition) is 6. The first-order valence-corrected chi connectivity index (χ1v) is 9.29. The number of nitrogens with one attached hydrogen (secondary N) is 2. The van der Waals surface area contributed by atoms with Crippen LogP contribution in [0.1, 0.15) is 16.8 Å². The predicted molar refractivity (Wildman–Crippen MR) is 107 cm³/mol. The van der Waals surface area contributed by atoms with Crippen molar-refractivity contribution in [1.82, 2.24) is 19.4 Å². The van der Waals surface area contributed by atoms with Crippen molar-refractivity contribution < 1.29 is 9.13 Å². The Morgan fingerprint density at radius 1 is 1.33 bits per heavy atom. The van der Waals surface area contributed by atoms with Crippen molar-refractivity contribution in [3.63, 3.8) is 0 Å². The molecule has 2 N–H and O–H groups in total. The van der Waals surface area contributed by atoms with Gasteiger partial charge in [0.2, 0.25) is 5.95 Å². The molecule has 148 valence electrons. The molecule has 0 radical (unpaired) electrons. The number of nitrogens with zero attached hydrogens (tertiary/aromatic N) is 4. The van der Waals surface area contributed by atoms with Crippen LogP contribution in [-0.4, -0.2) is 26.0 Å². The molecule has 5 rings (SSSR count). The van der Waals surface area contributed by atoms with Crippen molar-refractivity contribution in [2.75, 3.05) is 11.9 Å². The normalized spacial score (nSPS) is 12.4. The highest BCUT2D eigenvalue weighted by molar-refractivity contribution is 5.78. The van der Waals surface area contributed by atoms with Crippen molar-refractivity contribution in [2.45, 2.75) is 13.0 Å².